The van der Waals surface area contributed by atoms with Gasteiger partial charge in [0.05, 0.1) is 10.7 Å². The Morgan fingerprint density at radius 1 is 1.44 bits per heavy atom. The molecule has 0 atom stereocenters. The molecule has 0 fully saturated rings. The SMILES string of the molecule is Clc1cc(CCBr)cnc1-c1c[c]ccc1. The van der Waals surface area contributed by atoms with Crippen LogP contribution in [0, 0.1) is 6.07 Å². The zero-order valence-electron chi connectivity index (χ0n) is 8.58. The van der Waals surface area contributed by atoms with Crippen molar-refractivity contribution in [1.29, 1.82) is 0 Å². The third-order valence-electron chi connectivity index (χ3n) is 2.26. The maximum Gasteiger partial charge on any atom is 0.0888 e. The number of aryl methyl sites for hydroxylation is 1. The highest BCUT2D eigenvalue weighted by molar-refractivity contribution is 9.09. The van der Waals surface area contributed by atoms with Crippen molar-refractivity contribution in [3.8, 4) is 11.3 Å². The summed E-state index contributed by atoms with van der Waals surface area (Å²) in [6.45, 7) is 0. The minimum atomic E-state index is 0.693. The van der Waals surface area contributed by atoms with E-state index >= 15 is 0 Å². The van der Waals surface area contributed by atoms with Gasteiger partial charge in [-0.15, -0.1) is 0 Å². The standard InChI is InChI=1S/C13H10BrClN/c14-7-6-10-8-12(15)13(16-9-10)11-4-2-1-3-5-11/h1-2,4-5,8-9H,6-7H2. The van der Waals surface area contributed by atoms with E-state index in [1.807, 2.05) is 36.5 Å². The van der Waals surface area contributed by atoms with Crippen molar-refractivity contribution < 1.29 is 0 Å². The molecule has 0 bridgehead atoms. The maximum absolute atomic E-state index is 6.21. The molecule has 0 aliphatic heterocycles. The van der Waals surface area contributed by atoms with Crippen LogP contribution in [0.25, 0.3) is 11.3 Å². The number of benzene rings is 1. The minimum Gasteiger partial charge on any atom is -0.254 e. The largest absolute Gasteiger partial charge is 0.254 e. The van der Waals surface area contributed by atoms with Crippen LogP contribution in [0.5, 0.6) is 0 Å². The Morgan fingerprint density at radius 3 is 2.94 bits per heavy atom. The van der Waals surface area contributed by atoms with Gasteiger partial charge in [-0.1, -0.05) is 45.7 Å². The molecule has 0 aliphatic carbocycles. The number of halogens is 2. The molecule has 0 unspecified atom stereocenters. The number of pyridine rings is 1. The third kappa shape index (κ3) is 2.63. The van der Waals surface area contributed by atoms with Crippen molar-refractivity contribution in [1.82, 2.24) is 4.98 Å². The summed E-state index contributed by atoms with van der Waals surface area (Å²) >= 11 is 9.61. The Labute approximate surface area is 109 Å². The van der Waals surface area contributed by atoms with Crippen LogP contribution < -0.4 is 0 Å². The molecule has 1 heterocycles. The zero-order chi connectivity index (χ0) is 11.4. The number of nitrogens with zero attached hydrogens (tertiary/aromatic N) is 1. The predicted octanol–water partition coefficient (Wildman–Crippen LogP) is 4.14. The van der Waals surface area contributed by atoms with E-state index < -0.39 is 0 Å². The Morgan fingerprint density at radius 2 is 2.31 bits per heavy atom. The molecule has 1 nitrogen and oxygen atoms in total. The molecule has 0 spiro atoms. The van der Waals surface area contributed by atoms with Crippen LogP contribution in [0.1, 0.15) is 5.56 Å². The first-order chi connectivity index (χ1) is 7.81. The molecule has 2 rings (SSSR count). The summed E-state index contributed by atoms with van der Waals surface area (Å²) in [5, 5.41) is 1.61. The van der Waals surface area contributed by atoms with E-state index in [1.54, 1.807) is 0 Å². The first kappa shape index (κ1) is 11.6. The van der Waals surface area contributed by atoms with Gasteiger partial charge in [0.25, 0.3) is 0 Å². The second kappa shape index (κ2) is 5.46. The number of hydrogen-bond donors (Lipinski definition) is 0. The molecule has 2 aromatic rings. The van der Waals surface area contributed by atoms with E-state index in [4.69, 9.17) is 11.6 Å². The lowest BCUT2D eigenvalue weighted by molar-refractivity contribution is 1.13. The molecular weight excluding hydrogens is 286 g/mol. The summed E-state index contributed by atoms with van der Waals surface area (Å²) < 4.78 is 0. The minimum absolute atomic E-state index is 0.693. The van der Waals surface area contributed by atoms with Crippen molar-refractivity contribution >= 4 is 27.5 Å². The van der Waals surface area contributed by atoms with Gasteiger partial charge in [0, 0.05) is 17.1 Å². The fourth-order valence-corrected chi connectivity index (χ4v) is 2.23. The summed E-state index contributed by atoms with van der Waals surface area (Å²) in [4.78, 5) is 4.39. The molecule has 0 aliphatic rings. The molecular formula is C13H10BrClN. The first-order valence-corrected chi connectivity index (χ1v) is 6.48. The fraction of sp³-hybridized carbons (Fsp3) is 0.154. The smallest absolute Gasteiger partial charge is 0.0888 e. The van der Waals surface area contributed by atoms with Gasteiger partial charge < -0.3 is 0 Å². The summed E-state index contributed by atoms with van der Waals surface area (Å²) in [5.41, 5.74) is 2.96. The van der Waals surface area contributed by atoms with Crippen molar-refractivity contribution in [3.63, 3.8) is 0 Å². The van der Waals surface area contributed by atoms with Crippen molar-refractivity contribution in [3.05, 3.63) is 53.2 Å². The normalized spacial score (nSPS) is 10.4. The second-order valence-corrected chi connectivity index (χ2v) is 4.61. The molecule has 0 amide bonds. The van der Waals surface area contributed by atoms with Gasteiger partial charge in [-0.25, -0.2) is 0 Å². The molecule has 1 aromatic carbocycles. The van der Waals surface area contributed by atoms with Crippen LogP contribution in [-0.2, 0) is 6.42 Å². The van der Waals surface area contributed by atoms with E-state index in [2.05, 4.69) is 27.0 Å². The van der Waals surface area contributed by atoms with Gasteiger partial charge in [-0.3, -0.25) is 4.98 Å². The average molecular weight is 296 g/mol. The Bertz CT molecular complexity index is 471. The van der Waals surface area contributed by atoms with Gasteiger partial charge in [0.1, 0.15) is 0 Å². The van der Waals surface area contributed by atoms with Crippen LogP contribution in [0.4, 0.5) is 0 Å². The lowest BCUT2D eigenvalue weighted by Gasteiger charge is -2.05. The van der Waals surface area contributed by atoms with E-state index in [-0.39, 0.29) is 0 Å². The van der Waals surface area contributed by atoms with E-state index in [0.717, 1.165) is 28.6 Å². The summed E-state index contributed by atoms with van der Waals surface area (Å²) in [6.07, 6.45) is 2.81. The average Bonchev–Trinajstić information content (AvgIpc) is 2.31. The fourth-order valence-electron chi connectivity index (χ4n) is 1.48. The number of alkyl halides is 1. The van der Waals surface area contributed by atoms with Crippen LogP contribution in [-0.4, -0.2) is 10.3 Å². The van der Waals surface area contributed by atoms with E-state index in [9.17, 15) is 0 Å². The van der Waals surface area contributed by atoms with Crippen molar-refractivity contribution in [2.75, 3.05) is 5.33 Å². The highest BCUT2D eigenvalue weighted by atomic mass is 79.9. The highest BCUT2D eigenvalue weighted by Gasteiger charge is 2.05. The van der Waals surface area contributed by atoms with Gasteiger partial charge >= 0.3 is 0 Å². The maximum atomic E-state index is 6.21. The molecule has 1 radical (unpaired) electrons. The molecule has 0 saturated heterocycles. The molecule has 0 N–H and O–H groups in total. The van der Waals surface area contributed by atoms with Crippen LogP contribution in [0.2, 0.25) is 5.02 Å². The molecule has 1 aromatic heterocycles. The van der Waals surface area contributed by atoms with Gasteiger partial charge in [0.2, 0.25) is 0 Å². The van der Waals surface area contributed by atoms with Crippen LogP contribution in [0.15, 0.2) is 36.5 Å². The second-order valence-electron chi connectivity index (χ2n) is 3.41. The lowest BCUT2D eigenvalue weighted by atomic mass is 10.1. The lowest BCUT2D eigenvalue weighted by Crippen LogP contribution is -1.91. The molecule has 0 saturated carbocycles. The van der Waals surface area contributed by atoms with Crippen molar-refractivity contribution in [2.24, 2.45) is 0 Å². The molecule has 81 valence electrons. The molecule has 3 heteroatoms. The summed E-state index contributed by atoms with van der Waals surface area (Å²) in [6, 6.07) is 12.6. The monoisotopic (exact) mass is 294 g/mol. The number of hydrogen-bond acceptors (Lipinski definition) is 1. The van der Waals surface area contributed by atoms with E-state index in [0.29, 0.717) is 5.02 Å². The number of rotatable bonds is 3. The van der Waals surface area contributed by atoms with Gasteiger partial charge in [-0.05, 0) is 30.2 Å². The van der Waals surface area contributed by atoms with E-state index in [1.165, 1.54) is 0 Å². The van der Waals surface area contributed by atoms with Crippen molar-refractivity contribution in [2.45, 2.75) is 6.42 Å². The number of aromatic nitrogens is 1. The zero-order valence-corrected chi connectivity index (χ0v) is 10.9. The Balaban J connectivity index is 2.37. The first-order valence-electron chi connectivity index (χ1n) is 4.98. The summed E-state index contributed by atoms with van der Waals surface area (Å²) in [7, 11) is 0. The predicted molar refractivity (Wildman–Crippen MR) is 71.0 cm³/mol. The Hall–Kier alpha value is -0.860. The summed E-state index contributed by atoms with van der Waals surface area (Å²) in [5.74, 6) is 0. The van der Waals surface area contributed by atoms with Crippen LogP contribution >= 0.6 is 27.5 Å². The van der Waals surface area contributed by atoms with Gasteiger partial charge in [0.15, 0.2) is 0 Å². The topological polar surface area (TPSA) is 12.9 Å². The van der Waals surface area contributed by atoms with Crippen LogP contribution in [0.3, 0.4) is 0 Å². The quantitative estimate of drug-likeness (QED) is 0.776. The Kier molecular flexibility index (Phi) is 3.97. The third-order valence-corrected chi connectivity index (χ3v) is 2.95. The van der Waals surface area contributed by atoms with Gasteiger partial charge in [-0.2, -0.15) is 0 Å². The molecule has 16 heavy (non-hydrogen) atoms. The highest BCUT2D eigenvalue weighted by Crippen LogP contribution is 2.26.